The highest BCUT2D eigenvalue weighted by Gasteiger charge is 2.40. The lowest BCUT2D eigenvalue weighted by atomic mass is 9.83. The molecule has 0 radical (unpaired) electrons. The Balaban J connectivity index is 1.57. The summed E-state index contributed by atoms with van der Waals surface area (Å²) in [5, 5.41) is 31.3. The fraction of sp³-hybridized carbons (Fsp3) is 0.619. The van der Waals surface area contributed by atoms with Crippen molar-refractivity contribution in [1.29, 1.82) is 0 Å². The molecule has 9 atom stereocenters. The van der Waals surface area contributed by atoms with Crippen LogP contribution in [0, 0.1) is 23.7 Å². The van der Waals surface area contributed by atoms with Gasteiger partial charge in [0.25, 0.3) is 0 Å². The number of fused-ring (bicyclic) bond motifs is 2. The van der Waals surface area contributed by atoms with Gasteiger partial charge in [-0.25, -0.2) is 0 Å². The van der Waals surface area contributed by atoms with E-state index in [-0.39, 0.29) is 95.8 Å². The first-order valence-electron chi connectivity index (χ1n) is 31.3. The molecular formula is C63H98N14O10. The SMILES string of the molecule is CCCCCCC[C@@H](O)CC(=O)N[C@H](CN)C(=O)C[C@H]1CCNC(=O)[C@H](Cc2c[nH]c3ccccc23)NC(=O)[C@H](CCCN=C(N)N)NC(=O)[C@H](CCCCN)NC(=O)[C@H](CC(C)C)NC(=O)[C@@H](C2Cc3ccccc3C2)CC(=O)[C@H](CCN)NC1=O. The number of H-pyrrole nitrogens is 1. The number of nitrogens with two attached hydrogens (primary N) is 5. The van der Waals surface area contributed by atoms with E-state index >= 15 is 4.79 Å². The van der Waals surface area contributed by atoms with Crippen molar-refractivity contribution in [2.75, 3.05) is 32.7 Å². The highest BCUT2D eigenvalue weighted by atomic mass is 16.3. The first kappa shape index (κ1) is 70.5. The van der Waals surface area contributed by atoms with Gasteiger partial charge in [-0.05, 0) is 118 Å². The molecule has 0 saturated carbocycles. The minimum atomic E-state index is -1.31. The summed E-state index contributed by atoms with van der Waals surface area (Å²) in [7, 11) is 0. The van der Waals surface area contributed by atoms with Crippen LogP contribution in [0.15, 0.2) is 59.7 Å². The molecule has 1 aliphatic heterocycles. The summed E-state index contributed by atoms with van der Waals surface area (Å²) in [5.74, 6) is -8.95. The first-order valence-corrected chi connectivity index (χ1v) is 31.3. The number of aliphatic hydroxyl groups excluding tert-OH is 1. The van der Waals surface area contributed by atoms with Gasteiger partial charge in [0.2, 0.25) is 41.4 Å². The number of carbonyl (C=O) groups excluding carboxylic acids is 9. The van der Waals surface area contributed by atoms with Gasteiger partial charge in [-0.1, -0.05) is 95.3 Å². The van der Waals surface area contributed by atoms with Gasteiger partial charge in [-0.15, -0.1) is 0 Å². The third-order valence-electron chi connectivity index (χ3n) is 16.4. The monoisotopic (exact) mass is 1210 g/mol. The topological polar surface area (TPSA) is 416 Å². The van der Waals surface area contributed by atoms with Crippen molar-refractivity contribution < 1.29 is 48.3 Å². The number of unbranched alkanes of at least 4 members (excludes halogenated alkanes) is 5. The number of hydrogen-bond acceptors (Lipinski definition) is 14. The smallest absolute Gasteiger partial charge is 0.243 e. The Hall–Kier alpha value is -7.28. The number of nitrogens with one attached hydrogen (secondary N) is 8. The minimum Gasteiger partial charge on any atom is -0.393 e. The van der Waals surface area contributed by atoms with E-state index in [1.165, 1.54) is 0 Å². The molecule has 0 bridgehead atoms. The van der Waals surface area contributed by atoms with Crippen molar-refractivity contribution in [2.24, 2.45) is 57.3 Å². The largest absolute Gasteiger partial charge is 0.393 e. The molecule has 2 aromatic carbocycles. The maximum Gasteiger partial charge on any atom is 0.243 e. The van der Waals surface area contributed by atoms with Gasteiger partial charge in [0.1, 0.15) is 24.2 Å². The van der Waals surface area contributed by atoms with Crippen molar-refractivity contribution in [3.05, 3.63) is 71.4 Å². The molecule has 0 unspecified atom stereocenters. The van der Waals surface area contributed by atoms with Crippen molar-refractivity contribution in [1.82, 2.24) is 42.2 Å². The number of nitrogens with zero attached hydrogens (tertiary/aromatic N) is 1. The standard InChI is InChI=1S/C63H98N14O10/c1-4-5-6-7-8-18-44(78)34-56(81)72-53(36-66)54(79)33-41-24-28-69-59(84)52(32-43-37-71-47-20-12-11-19-45(43)47)77-61(86)50(22-15-27-70-63(67)68)74-60(85)49(21-13-14-25-64)75-62(87)51(29-38(2)3)76-58(83)46(35-55(80)48(23-26-65)73-57(41)82)42-30-39-16-9-10-17-40(39)31-42/h9-12,16-17,19-20,37-38,41-42,44,46,48-53,71,78H,4-8,13-15,18,21-36,64-66H2,1-3H3,(H,69,84)(H,72,81)(H,73,82)(H,74,85)(H,75,87)(H,76,83)(H,77,86)(H4,67,68,70)/t41-,44-,46-,48+,49+,50+,51+,52+,53-/m1/s1. The average molecular weight is 1210 g/mol. The van der Waals surface area contributed by atoms with E-state index in [0.29, 0.717) is 44.2 Å². The molecule has 2 heterocycles. The van der Waals surface area contributed by atoms with E-state index < -0.39 is 119 Å². The van der Waals surface area contributed by atoms with Gasteiger partial charge < -0.3 is 76.0 Å². The zero-order chi connectivity index (χ0) is 63.4. The van der Waals surface area contributed by atoms with Crippen LogP contribution in [0.25, 0.3) is 10.9 Å². The fourth-order valence-electron chi connectivity index (χ4n) is 11.6. The van der Waals surface area contributed by atoms with Crippen LogP contribution in [-0.2, 0) is 62.4 Å². The molecule has 87 heavy (non-hydrogen) atoms. The number of para-hydroxylation sites is 1. The predicted octanol–water partition coefficient (Wildman–Crippen LogP) is 1.35. The molecule has 24 heteroatoms. The van der Waals surface area contributed by atoms with Gasteiger partial charge in [-0.3, -0.25) is 48.1 Å². The van der Waals surface area contributed by atoms with Gasteiger partial charge >= 0.3 is 0 Å². The highest BCUT2D eigenvalue weighted by molar-refractivity contribution is 5.98. The Labute approximate surface area is 511 Å². The zero-order valence-electron chi connectivity index (χ0n) is 51.2. The third kappa shape index (κ3) is 23.1. The summed E-state index contributed by atoms with van der Waals surface area (Å²) >= 11 is 0. The second-order valence-corrected chi connectivity index (χ2v) is 23.9. The number of hydrogen-bond donors (Lipinski definition) is 14. The number of guanidine groups is 1. The summed E-state index contributed by atoms with van der Waals surface area (Å²) in [4.78, 5) is 138. The third-order valence-corrected chi connectivity index (χ3v) is 16.4. The Kier molecular flexibility index (Phi) is 29.8. The van der Waals surface area contributed by atoms with Crippen molar-refractivity contribution in [3.63, 3.8) is 0 Å². The summed E-state index contributed by atoms with van der Waals surface area (Å²) < 4.78 is 0. The lowest BCUT2D eigenvalue weighted by Crippen LogP contribution is -2.59. The molecule has 2 aliphatic rings. The van der Waals surface area contributed by atoms with E-state index in [9.17, 15) is 43.5 Å². The number of rotatable bonds is 28. The van der Waals surface area contributed by atoms with Crippen LogP contribution in [0.1, 0.15) is 147 Å². The highest BCUT2D eigenvalue weighted by Crippen LogP contribution is 2.34. The number of amides is 7. The molecule has 1 fully saturated rings. The number of aromatic amines is 1. The van der Waals surface area contributed by atoms with Gasteiger partial charge in [-0.2, -0.15) is 0 Å². The summed E-state index contributed by atoms with van der Waals surface area (Å²) in [5.41, 5.74) is 32.8. The Bertz CT molecular complexity index is 2760. The summed E-state index contributed by atoms with van der Waals surface area (Å²) in [6, 6.07) is 7.53. The van der Waals surface area contributed by atoms with E-state index in [1.54, 1.807) is 6.20 Å². The second-order valence-electron chi connectivity index (χ2n) is 23.9. The molecular weight excluding hydrogens is 1110 g/mol. The summed E-state index contributed by atoms with van der Waals surface area (Å²) in [6.45, 7) is 5.58. The van der Waals surface area contributed by atoms with Gasteiger partial charge in [0, 0.05) is 67.8 Å². The average Bonchev–Trinajstić information content (AvgIpc) is 2.32. The van der Waals surface area contributed by atoms with E-state index in [2.05, 4.69) is 54.1 Å². The van der Waals surface area contributed by atoms with Crippen molar-refractivity contribution in [3.8, 4) is 0 Å². The number of Topliss-reactive ketones (excluding diaryl/α,β-unsaturated/α-hetero) is 2. The van der Waals surface area contributed by atoms with Crippen LogP contribution in [-0.4, -0.2) is 144 Å². The zero-order valence-corrected chi connectivity index (χ0v) is 51.2. The molecule has 3 aromatic rings. The second kappa shape index (κ2) is 36.8. The van der Waals surface area contributed by atoms with E-state index in [0.717, 1.165) is 54.1 Å². The molecule has 480 valence electrons. The molecule has 24 nitrogen and oxygen atoms in total. The molecule has 1 aliphatic carbocycles. The molecule has 0 spiro atoms. The number of ketones is 2. The lowest BCUT2D eigenvalue weighted by molar-refractivity contribution is -0.137. The summed E-state index contributed by atoms with van der Waals surface area (Å²) in [6.07, 6.45) is 6.67. The normalized spacial score (nSPS) is 22.3. The maximum absolute atomic E-state index is 15.0. The minimum absolute atomic E-state index is 0.0175. The molecule has 5 rings (SSSR count). The number of aromatic nitrogens is 1. The lowest BCUT2D eigenvalue weighted by Gasteiger charge is -2.29. The van der Waals surface area contributed by atoms with Crippen LogP contribution >= 0.6 is 0 Å². The Morgan fingerprint density at radius 2 is 1.30 bits per heavy atom. The number of aliphatic imine (C=N–C) groups is 1. The van der Waals surface area contributed by atoms with Crippen molar-refractivity contribution in [2.45, 2.75) is 192 Å². The van der Waals surface area contributed by atoms with Crippen LogP contribution in [0.4, 0.5) is 0 Å². The molecule has 1 aromatic heterocycles. The Morgan fingerprint density at radius 3 is 1.94 bits per heavy atom. The first-order chi connectivity index (χ1) is 41.7. The fourth-order valence-corrected chi connectivity index (χ4v) is 11.6. The number of carbonyl (C=O) groups is 9. The van der Waals surface area contributed by atoms with Crippen LogP contribution in [0.5, 0.6) is 0 Å². The molecule has 7 amide bonds. The maximum atomic E-state index is 15.0. The van der Waals surface area contributed by atoms with E-state index in [1.807, 2.05) is 62.4 Å². The van der Waals surface area contributed by atoms with Crippen LogP contribution in [0.2, 0.25) is 0 Å². The molecule has 19 N–H and O–H groups in total. The van der Waals surface area contributed by atoms with Crippen molar-refractivity contribution >= 4 is 69.8 Å². The van der Waals surface area contributed by atoms with Gasteiger partial charge in [0.15, 0.2) is 17.5 Å². The van der Waals surface area contributed by atoms with Crippen LogP contribution in [0.3, 0.4) is 0 Å². The van der Waals surface area contributed by atoms with E-state index in [4.69, 9.17) is 28.7 Å². The quantitative estimate of drug-likeness (QED) is 0.0277. The number of aliphatic hydroxyl groups is 1. The van der Waals surface area contributed by atoms with Crippen LogP contribution < -0.4 is 65.9 Å². The number of benzene rings is 2. The van der Waals surface area contributed by atoms with Gasteiger partial charge in [0.05, 0.1) is 24.6 Å². The molecule has 1 saturated heterocycles. The predicted molar refractivity (Wildman–Crippen MR) is 334 cm³/mol. The Morgan fingerprint density at radius 1 is 0.678 bits per heavy atom.